The van der Waals surface area contributed by atoms with E-state index in [0.29, 0.717) is 5.41 Å². The Labute approximate surface area is 129 Å². The van der Waals surface area contributed by atoms with Gasteiger partial charge in [0, 0.05) is 19.2 Å². The summed E-state index contributed by atoms with van der Waals surface area (Å²) >= 11 is 0. The lowest BCUT2D eigenvalue weighted by Gasteiger charge is -2.31. The van der Waals surface area contributed by atoms with Crippen LogP contribution in [0.3, 0.4) is 0 Å². The quantitative estimate of drug-likeness (QED) is 0.826. The van der Waals surface area contributed by atoms with E-state index in [0.717, 1.165) is 35.5 Å². The highest BCUT2D eigenvalue weighted by molar-refractivity contribution is 5.57. The Kier molecular flexibility index (Phi) is 5.07. The average Bonchev–Trinajstić information content (AvgIpc) is 2.87. The molecule has 2 rings (SSSR count). The van der Waals surface area contributed by atoms with Gasteiger partial charge in [-0.2, -0.15) is 0 Å². The van der Waals surface area contributed by atoms with E-state index in [-0.39, 0.29) is 0 Å². The summed E-state index contributed by atoms with van der Waals surface area (Å²) in [6.45, 7) is 9.73. The van der Waals surface area contributed by atoms with Crippen LogP contribution in [-0.4, -0.2) is 23.6 Å². The van der Waals surface area contributed by atoms with Crippen molar-refractivity contribution >= 4 is 11.6 Å². The van der Waals surface area contributed by atoms with E-state index in [1.165, 1.54) is 32.1 Å². The number of rotatable bonds is 6. The van der Waals surface area contributed by atoms with Gasteiger partial charge in [0.25, 0.3) is 0 Å². The third kappa shape index (κ3) is 3.86. The Morgan fingerprint density at radius 3 is 2.29 bits per heavy atom. The second-order valence-electron chi connectivity index (χ2n) is 7.00. The fourth-order valence-corrected chi connectivity index (χ4v) is 3.76. The first kappa shape index (κ1) is 16.1. The number of anilines is 2. The van der Waals surface area contributed by atoms with E-state index in [1.54, 1.807) is 0 Å². The van der Waals surface area contributed by atoms with Crippen LogP contribution in [0.2, 0.25) is 0 Å². The molecule has 1 heterocycles. The van der Waals surface area contributed by atoms with Crippen LogP contribution in [0, 0.1) is 25.2 Å². The summed E-state index contributed by atoms with van der Waals surface area (Å²) in [5, 5.41) is 6.78. The zero-order valence-corrected chi connectivity index (χ0v) is 14.2. The Bertz CT molecular complexity index is 476. The third-order valence-electron chi connectivity index (χ3n) is 4.63. The van der Waals surface area contributed by atoms with Crippen molar-refractivity contribution < 1.29 is 0 Å². The summed E-state index contributed by atoms with van der Waals surface area (Å²) < 4.78 is 0. The van der Waals surface area contributed by atoms with Gasteiger partial charge in [0.1, 0.15) is 17.5 Å². The predicted molar refractivity (Wildman–Crippen MR) is 89.9 cm³/mol. The lowest BCUT2D eigenvalue weighted by atomic mass is 9.78. The molecule has 21 heavy (non-hydrogen) atoms. The number of hydrogen-bond acceptors (Lipinski definition) is 4. The van der Waals surface area contributed by atoms with E-state index in [1.807, 2.05) is 14.0 Å². The highest BCUT2D eigenvalue weighted by Crippen LogP contribution is 2.43. The molecule has 0 spiro atoms. The molecule has 0 saturated heterocycles. The van der Waals surface area contributed by atoms with Gasteiger partial charge in [0.2, 0.25) is 0 Å². The molecule has 2 N–H and O–H groups in total. The SMILES string of the molecule is CNc1nc(C)nc(NCC2(CC(C)C)CCCC2)c1C. The van der Waals surface area contributed by atoms with Gasteiger partial charge < -0.3 is 10.6 Å². The van der Waals surface area contributed by atoms with Gasteiger partial charge in [0.15, 0.2) is 0 Å². The molecule has 4 heteroatoms. The Morgan fingerprint density at radius 2 is 1.71 bits per heavy atom. The van der Waals surface area contributed by atoms with Crippen LogP contribution in [0.15, 0.2) is 0 Å². The third-order valence-corrected chi connectivity index (χ3v) is 4.63. The summed E-state index contributed by atoms with van der Waals surface area (Å²) in [6, 6.07) is 0. The molecular formula is C17H30N4. The second kappa shape index (κ2) is 6.63. The minimum Gasteiger partial charge on any atom is -0.373 e. The first-order valence-electron chi connectivity index (χ1n) is 8.23. The van der Waals surface area contributed by atoms with Gasteiger partial charge in [-0.25, -0.2) is 9.97 Å². The van der Waals surface area contributed by atoms with Crippen LogP contribution < -0.4 is 10.6 Å². The monoisotopic (exact) mass is 290 g/mol. The fraction of sp³-hybridized carbons (Fsp3) is 0.765. The van der Waals surface area contributed by atoms with Gasteiger partial charge in [-0.1, -0.05) is 26.7 Å². The molecule has 0 aromatic carbocycles. The number of aromatic nitrogens is 2. The van der Waals surface area contributed by atoms with Crippen molar-refractivity contribution in [1.29, 1.82) is 0 Å². The Hall–Kier alpha value is -1.32. The molecular weight excluding hydrogens is 260 g/mol. The highest BCUT2D eigenvalue weighted by atomic mass is 15.1. The molecule has 1 aromatic rings. The van der Waals surface area contributed by atoms with Gasteiger partial charge in [-0.05, 0) is 44.4 Å². The normalized spacial score (nSPS) is 17.2. The summed E-state index contributed by atoms with van der Waals surface area (Å²) in [5.41, 5.74) is 1.57. The smallest absolute Gasteiger partial charge is 0.134 e. The molecule has 1 fully saturated rings. The first-order valence-corrected chi connectivity index (χ1v) is 8.23. The molecule has 118 valence electrons. The van der Waals surface area contributed by atoms with Crippen molar-refractivity contribution in [2.75, 3.05) is 24.2 Å². The minimum atomic E-state index is 0.458. The zero-order valence-electron chi connectivity index (χ0n) is 14.2. The van der Waals surface area contributed by atoms with Crippen LogP contribution >= 0.6 is 0 Å². The molecule has 4 nitrogen and oxygen atoms in total. The van der Waals surface area contributed by atoms with Crippen molar-refractivity contribution in [3.05, 3.63) is 11.4 Å². The highest BCUT2D eigenvalue weighted by Gasteiger charge is 2.34. The van der Waals surface area contributed by atoms with Crippen molar-refractivity contribution in [3.63, 3.8) is 0 Å². The van der Waals surface area contributed by atoms with Crippen LogP contribution in [-0.2, 0) is 0 Å². The molecule has 1 aliphatic rings. The van der Waals surface area contributed by atoms with E-state index < -0.39 is 0 Å². The first-order chi connectivity index (χ1) is 9.96. The predicted octanol–water partition coefficient (Wildman–Crippen LogP) is 4.15. The summed E-state index contributed by atoms with van der Waals surface area (Å²) in [6.07, 6.45) is 6.75. The van der Waals surface area contributed by atoms with Crippen LogP contribution in [0.1, 0.15) is 57.3 Å². The van der Waals surface area contributed by atoms with Gasteiger partial charge in [-0.15, -0.1) is 0 Å². The summed E-state index contributed by atoms with van der Waals surface area (Å²) in [5.74, 6) is 3.49. The number of aryl methyl sites for hydroxylation is 1. The maximum atomic E-state index is 4.59. The standard InChI is InChI=1S/C17H30N4/c1-12(2)10-17(8-6-7-9-17)11-19-16-13(3)15(18-5)20-14(4)21-16/h12H,6-11H2,1-5H3,(H2,18,19,20,21). The fourth-order valence-electron chi connectivity index (χ4n) is 3.76. The Morgan fingerprint density at radius 1 is 1.10 bits per heavy atom. The van der Waals surface area contributed by atoms with Gasteiger partial charge >= 0.3 is 0 Å². The molecule has 0 atom stereocenters. The molecule has 0 bridgehead atoms. The van der Waals surface area contributed by atoms with E-state index in [4.69, 9.17) is 0 Å². The number of nitrogens with one attached hydrogen (secondary N) is 2. The van der Waals surface area contributed by atoms with E-state index >= 15 is 0 Å². The van der Waals surface area contributed by atoms with E-state index in [2.05, 4.69) is 41.4 Å². The van der Waals surface area contributed by atoms with Gasteiger partial charge in [0.05, 0.1) is 0 Å². The topological polar surface area (TPSA) is 49.8 Å². The molecule has 1 aromatic heterocycles. The zero-order chi connectivity index (χ0) is 15.5. The lowest BCUT2D eigenvalue weighted by molar-refractivity contribution is 0.252. The maximum Gasteiger partial charge on any atom is 0.134 e. The van der Waals surface area contributed by atoms with E-state index in [9.17, 15) is 0 Å². The molecule has 0 unspecified atom stereocenters. The molecule has 0 radical (unpaired) electrons. The number of hydrogen-bond donors (Lipinski definition) is 2. The molecule has 1 saturated carbocycles. The molecule has 0 aliphatic heterocycles. The van der Waals surface area contributed by atoms with Crippen LogP contribution in [0.4, 0.5) is 11.6 Å². The van der Waals surface area contributed by atoms with Crippen LogP contribution in [0.5, 0.6) is 0 Å². The van der Waals surface area contributed by atoms with Crippen molar-refractivity contribution in [1.82, 2.24) is 9.97 Å². The molecule has 0 amide bonds. The summed E-state index contributed by atoms with van der Waals surface area (Å²) in [4.78, 5) is 9.03. The van der Waals surface area contributed by atoms with Gasteiger partial charge in [-0.3, -0.25) is 0 Å². The largest absolute Gasteiger partial charge is 0.373 e. The van der Waals surface area contributed by atoms with Crippen LogP contribution in [0.25, 0.3) is 0 Å². The van der Waals surface area contributed by atoms with Crippen molar-refractivity contribution in [2.45, 2.75) is 59.8 Å². The average molecular weight is 290 g/mol. The summed E-state index contributed by atoms with van der Waals surface area (Å²) in [7, 11) is 1.91. The van der Waals surface area contributed by atoms with Crippen molar-refractivity contribution in [2.24, 2.45) is 11.3 Å². The number of nitrogens with zero attached hydrogens (tertiary/aromatic N) is 2. The lowest BCUT2D eigenvalue weighted by Crippen LogP contribution is -2.29. The molecule has 1 aliphatic carbocycles. The second-order valence-corrected chi connectivity index (χ2v) is 7.00. The van der Waals surface area contributed by atoms with Crippen molar-refractivity contribution in [3.8, 4) is 0 Å². The Balaban J connectivity index is 2.12. The maximum absolute atomic E-state index is 4.59. The minimum absolute atomic E-state index is 0.458.